The normalized spacial score (nSPS) is 10.4. The third-order valence-electron chi connectivity index (χ3n) is 2.67. The highest BCUT2D eigenvalue weighted by Gasteiger charge is 2.02. The van der Waals surface area contributed by atoms with Crippen LogP contribution in [0.1, 0.15) is 31.2 Å². The first kappa shape index (κ1) is 15.7. The van der Waals surface area contributed by atoms with Crippen LogP contribution in [-0.4, -0.2) is 30.2 Å². The molecule has 0 fully saturated rings. The van der Waals surface area contributed by atoms with Crippen LogP contribution in [0.3, 0.4) is 0 Å². The number of rotatable bonds is 7. The molecule has 0 bridgehead atoms. The van der Waals surface area contributed by atoms with E-state index in [0.29, 0.717) is 31.2 Å². The van der Waals surface area contributed by atoms with Crippen molar-refractivity contribution in [2.45, 2.75) is 25.7 Å². The Hall–Kier alpha value is -2.37. The number of unbranched alkanes of at least 4 members (excludes halogenated alkanes) is 1. The van der Waals surface area contributed by atoms with Gasteiger partial charge in [0.25, 0.3) is 0 Å². The van der Waals surface area contributed by atoms with Crippen LogP contribution in [0.5, 0.6) is 5.75 Å². The lowest BCUT2D eigenvalue weighted by Gasteiger charge is -2.01. The highest BCUT2D eigenvalue weighted by Crippen LogP contribution is 2.12. The Labute approximate surface area is 117 Å². The highest BCUT2D eigenvalue weighted by molar-refractivity contribution is 5.85. The maximum atomic E-state index is 11.4. The summed E-state index contributed by atoms with van der Waals surface area (Å²) >= 11 is 0. The van der Waals surface area contributed by atoms with Crippen molar-refractivity contribution < 1.29 is 14.7 Å². The van der Waals surface area contributed by atoms with Gasteiger partial charge < -0.3 is 10.4 Å². The number of hydrogen-bond acceptors (Lipinski definition) is 4. The largest absolute Gasteiger partial charge is 0.507 e. The number of benzene rings is 1. The Morgan fingerprint density at radius 2 is 1.85 bits per heavy atom. The molecule has 0 unspecified atom stereocenters. The predicted octanol–water partition coefficient (Wildman–Crippen LogP) is 1.15. The number of hydrogen-bond donors (Lipinski definition) is 3. The topological polar surface area (TPSA) is 90.8 Å². The minimum Gasteiger partial charge on any atom is -0.507 e. The summed E-state index contributed by atoms with van der Waals surface area (Å²) in [7, 11) is 1.59. The van der Waals surface area contributed by atoms with E-state index in [-0.39, 0.29) is 17.6 Å². The van der Waals surface area contributed by atoms with Crippen molar-refractivity contribution >= 4 is 18.0 Å². The number of hydrazone groups is 1. The Morgan fingerprint density at radius 1 is 1.20 bits per heavy atom. The van der Waals surface area contributed by atoms with Crippen LogP contribution in [0.25, 0.3) is 0 Å². The number of nitrogens with zero attached hydrogens (tertiary/aromatic N) is 1. The maximum Gasteiger partial charge on any atom is 0.240 e. The molecule has 0 atom stereocenters. The van der Waals surface area contributed by atoms with Crippen molar-refractivity contribution in [1.82, 2.24) is 10.7 Å². The molecule has 0 heterocycles. The quantitative estimate of drug-likeness (QED) is 0.396. The number of carbonyl (C=O) groups excluding carboxylic acids is 2. The molecular formula is C14H19N3O3. The van der Waals surface area contributed by atoms with Crippen molar-refractivity contribution in [3.8, 4) is 5.75 Å². The fourth-order valence-electron chi connectivity index (χ4n) is 1.52. The summed E-state index contributed by atoms with van der Waals surface area (Å²) in [6, 6.07) is 6.70. The summed E-state index contributed by atoms with van der Waals surface area (Å²) in [6.07, 6.45) is 3.42. The zero-order chi connectivity index (χ0) is 14.8. The molecular weight excluding hydrogens is 258 g/mol. The third-order valence-corrected chi connectivity index (χ3v) is 2.67. The average molecular weight is 277 g/mol. The van der Waals surface area contributed by atoms with E-state index < -0.39 is 0 Å². The zero-order valence-electron chi connectivity index (χ0n) is 11.4. The van der Waals surface area contributed by atoms with Crippen LogP contribution in [0.2, 0.25) is 0 Å². The van der Waals surface area contributed by atoms with Gasteiger partial charge in [0.15, 0.2) is 0 Å². The van der Waals surface area contributed by atoms with Crippen LogP contribution in [0.4, 0.5) is 0 Å². The van der Waals surface area contributed by atoms with E-state index in [1.54, 1.807) is 31.3 Å². The molecule has 0 spiro atoms. The summed E-state index contributed by atoms with van der Waals surface area (Å²) in [6.45, 7) is 0. The van der Waals surface area contributed by atoms with Gasteiger partial charge in [-0.05, 0) is 25.0 Å². The van der Waals surface area contributed by atoms with Crippen LogP contribution in [0, 0.1) is 0 Å². The van der Waals surface area contributed by atoms with Crippen LogP contribution in [0.15, 0.2) is 29.4 Å². The number of carbonyl (C=O) groups is 2. The Kier molecular flexibility index (Phi) is 6.81. The molecule has 2 amide bonds. The van der Waals surface area contributed by atoms with Gasteiger partial charge in [-0.3, -0.25) is 9.59 Å². The van der Waals surface area contributed by atoms with E-state index in [1.165, 1.54) is 6.21 Å². The number of amides is 2. The Bertz CT molecular complexity index is 486. The SMILES string of the molecule is CNC(=O)CCCCC(=O)N/N=C/c1ccccc1O. The Balaban J connectivity index is 2.23. The molecule has 0 radical (unpaired) electrons. The molecule has 1 rings (SSSR count). The molecule has 20 heavy (non-hydrogen) atoms. The molecule has 3 N–H and O–H groups in total. The van der Waals surface area contributed by atoms with Gasteiger partial charge in [0, 0.05) is 25.5 Å². The molecule has 0 aliphatic carbocycles. The molecule has 108 valence electrons. The van der Waals surface area contributed by atoms with Gasteiger partial charge in [-0.15, -0.1) is 0 Å². The van der Waals surface area contributed by atoms with Crippen LogP contribution < -0.4 is 10.7 Å². The van der Waals surface area contributed by atoms with Crippen LogP contribution >= 0.6 is 0 Å². The van der Waals surface area contributed by atoms with E-state index in [2.05, 4.69) is 15.8 Å². The highest BCUT2D eigenvalue weighted by atomic mass is 16.3. The summed E-state index contributed by atoms with van der Waals surface area (Å²) in [5, 5.41) is 15.8. The number of nitrogens with one attached hydrogen (secondary N) is 2. The number of phenolic OH excluding ortho intramolecular Hbond substituents is 1. The molecule has 6 nitrogen and oxygen atoms in total. The molecule has 6 heteroatoms. The standard InChI is InChI=1S/C14H19N3O3/c1-15-13(19)8-4-5-9-14(20)17-16-10-11-6-2-3-7-12(11)18/h2-3,6-7,10,18H,4-5,8-9H2,1H3,(H,15,19)(H,17,20)/b16-10+. The van der Waals surface area contributed by atoms with E-state index >= 15 is 0 Å². The van der Waals surface area contributed by atoms with Crippen molar-refractivity contribution in [2.75, 3.05) is 7.05 Å². The van der Waals surface area contributed by atoms with Gasteiger partial charge >= 0.3 is 0 Å². The van der Waals surface area contributed by atoms with Crippen molar-refractivity contribution in [3.05, 3.63) is 29.8 Å². The molecule has 0 saturated heterocycles. The van der Waals surface area contributed by atoms with E-state index in [9.17, 15) is 14.7 Å². The second-order valence-electron chi connectivity index (χ2n) is 4.23. The number of phenols is 1. The smallest absolute Gasteiger partial charge is 0.240 e. The molecule has 0 aromatic heterocycles. The van der Waals surface area contributed by atoms with Gasteiger partial charge in [-0.25, -0.2) is 5.43 Å². The lowest BCUT2D eigenvalue weighted by molar-refractivity contribution is -0.122. The fourth-order valence-corrected chi connectivity index (χ4v) is 1.52. The second-order valence-corrected chi connectivity index (χ2v) is 4.23. The van der Waals surface area contributed by atoms with Gasteiger partial charge in [-0.1, -0.05) is 12.1 Å². The summed E-state index contributed by atoms with van der Waals surface area (Å²) in [5.41, 5.74) is 2.91. The van der Waals surface area contributed by atoms with Gasteiger partial charge in [0.05, 0.1) is 6.21 Å². The first-order chi connectivity index (χ1) is 9.63. The average Bonchev–Trinajstić information content (AvgIpc) is 2.45. The van der Waals surface area contributed by atoms with Crippen molar-refractivity contribution in [3.63, 3.8) is 0 Å². The molecule has 1 aromatic carbocycles. The third kappa shape index (κ3) is 5.99. The summed E-state index contributed by atoms with van der Waals surface area (Å²) < 4.78 is 0. The molecule has 0 saturated carbocycles. The summed E-state index contributed by atoms with van der Waals surface area (Å²) in [4.78, 5) is 22.4. The minimum atomic E-state index is -0.214. The molecule has 0 aliphatic rings. The second kappa shape index (κ2) is 8.68. The van der Waals surface area contributed by atoms with Crippen LogP contribution in [-0.2, 0) is 9.59 Å². The maximum absolute atomic E-state index is 11.4. The monoisotopic (exact) mass is 277 g/mol. The zero-order valence-corrected chi connectivity index (χ0v) is 11.4. The van der Waals surface area contributed by atoms with Crippen molar-refractivity contribution in [2.24, 2.45) is 5.10 Å². The van der Waals surface area contributed by atoms with Gasteiger partial charge in [0.2, 0.25) is 11.8 Å². The molecule has 0 aliphatic heterocycles. The summed E-state index contributed by atoms with van der Waals surface area (Å²) in [5.74, 6) is -0.132. The van der Waals surface area contributed by atoms with E-state index in [1.807, 2.05) is 0 Å². The van der Waals surface area contributed by atoms with Gasteiger partial charge in [0.1, 0.15) is 5.75 Å². The number of para-hydroxylation sites is 1. The van der Waals surface area contributed by atoms with E-state index in [0.717, 1.165) is 0 Å². The fraction of sp³-hybridized carbons (Fsp3) is 0.357. The van der Waals surface area contributed by atoms with E-state index in [4.69, 9.17) is 0 Å². The first-order valence-corrected chi connectivity index (χ1v) is 6.44. The minimum absolute atomic E-state index is 0.0250. The van der Waals surface area contributed by atoms with Crippen molar-refractivity contribution in [1.29, 1.82) is 0 Å². The lowest BCUT2D eigenvalue weighted by Crippen LogP contribution is -2.19. The number of aromatic hydroxyl groups is 1. The predicted molar refractivity (Wildman–Crippen MR) is 76.4 cm³/mol. The van der Waals surface area contributed by atoms with Gasteiger partial charge in [-0.2, -0.15) is 5.10 Å². The first-order valence-electron chi connectivity index (χ1n) is 6.44. The lowest BCUT2D eigenvalue weighted by atomic mass is 10.2. The Morgan fingerprint density at radius 3 is 2.50 bits per heavy atom. The molecule has 1 aromatic rings.